The Hall–Kier alpha value is -0.540. The van der Waals surface area contributed by atoms with E-state index in [0.29, 0.717) is 0 Å². The van der Waals surface area contributed by atoms with Crippen molar-refractivity contribution in [3.63, 3.8) is 0 Å². The van der Waals surface area contributed by atoms with E-state index >= 15 is 0 Å². The third-order valence-electron chi connectivity index (χ3n) is 2.07. The molecule has 0 heterocycles. The topological polar surface area (TPSA) is 15.3 Å². The number of halogens is 1. The maximum Gasteiger partial charge on any atom is 0.0505 e. The zero-order chi connectivity index (χ0) is 10.6. The van der Waals surface area contributed by atoms with Crippen molar-refractivity contribution in [2.75, 3.05) is 25.5 Å². The Bertz CT molecular complexity index is 297. The highest BCUT2D eigenvalue weighted by atomic mass is 79.9. The molecule has 0 amide bonds. The highest BCUT2D eigenvalue weighted by Gasteiger charge is 2.02. The number of hydrogen-bond acceptors (Lipinski definition) is 2. The van der Waals surface area contributed by atoms with Gasteiger partial charge in [-0.15, -0.1) is 0 Å². The summed E-state index contributed by atoms with van der Waals surface area (Å²) in [6, 6.07) is 6.46. The molecule has 1 N–H and O–H groups in total. The minimum Gasteiger partial charge on any atom is -0.377 e. The fraction of sp³-hybridized carbons (Fsp3) is 0.455. The average Bonchev–Trinajstić information content (AvgIpc) is 2.14. The van der Waals surface area contributed by atoms with Gasteiger partial charge in [-0.2, -0.15) is 0 Å². The molecule has 1 aromatic rings. The minimum absolute atomic E-state index is 0.933. The highest BCUT2D eigenvalue weighted by Crippen LogP contribution is 2.25. The normalized spacial score (nSPS) is 10.3. The van der Waals surface area contributed by atoms with Gasteiger partial charge in [0.2, 0.25) is 0 Å². The van der Waals surface area contributed by atoms with Crippen LogP contribution in [0.1, 0.15) is 12.5 Å². The molecule has 14 heavy (non-hydrogen) atoms. The van der Waals surface area contributed by atoms with Gasteiger partial charge in [0.25, 0.3) is 0 Å². The Kier molecular flexibility index (Phi) is 4.42. The molecule has 0 fully saturated rings. The molecule has 0 aromatic heterocycles. The number of rotatable bonds is 4. The van der Waals surface area contributed by atoms with Gasteiger partial charge in [-0.1, -0.05) is 13.0 Å². The molecule has 0 spiro atoms. The predicted octanol–water partition coefficient (Wildman–Crippen LogP) is 2.62. The number of benzene rings is 1. The molecule has 0 aliphatic carbocycles. The van der Waals surface area contributed by atoms with E-state index in [1.54, 1.807) is 0 Å². The molecule has 0 saturated carbocycles. The van der Waals surface area contributed by atoms with E-state index in [2.05, 4.69) is 51.3 Å². The summed E-state index contributed by atoms with van der Waals surface area (Å²) in [6.45, 7) is 4.05. The first-order valence-corrected chi connectivity index (χ1v) is 5.61. The van der Waals surface area contributed by atoms with Crippen LogP contribution in [0.5, 0.6) is 0 Å². The summed E-state index contributed by atoms with van der Waals surface area (Å²) in [4.78, 5) is 2.10. The van der Waals surface area contributed by atoms with Gasteiger partial charge in [-0.25, -0.2) is 0 Å². The maximum absolute atomic E-state index is 3.57. The van der Waals surface area contributed by atoms with Crippen LogP contribution in [0, 0.1) is 0 Å². The van der Waals surface area contributed by atoms with Crippen LogP contribution in [-0.2, 0) is 6.54 Å². The lowest BCUT2D eigenvalue weighted by molar-refractivity contribution is 0.726. The van der Waals surface area contributed by atoms with Gasteiger partial charge >= 0.3 is 0 Å². The van der Waals surface area contributed by atoms with Gasteiger partial charge in [0.1, 0.15) is 0 Å². The molecular weight excluding hydrogens is 240 g/mol. The molecule has 2 nitrogen and oxygen atoms in total. The van der Waals surface area contributed by atoms with Crippen LogP contribution < -0.4 is 10.2 Å². The second kappa shape index (κ2) is 5.37. The number of anilines is 1. The van der Waals surface area contributed by atoms with Gasteiger partial charge in [0.05, 0.1) is 5.69 Å². The van der Waals surface area contributed by atoms with Crippen molar-refractivity contribution in [2.24, 2.45) is 0 Å². The van der Waals surface area contributed by atoms with Crippen LogP contribution in [0.4, 0.5) is 5.69 Å². The highest BCUT2D eigenvalue weighted by molar-refractivity contribution is 9.10. The Balaban J connectivity index is 2.78. The Labute approximate surface area is 94.4 Å². The molecule has 0 aliphatic heterocycles. The molecule has 78 valence electrons. The number of hydrogen-bond donors (Lipinski definition) is 1. The third kappa shape index (κ3) is 3.00. The second-order valence-electron chi connectivity index (χ2n) is 3.46. The third-order valence-corrected chi connectivity index (χ3v) is 2.71. The van der Waals surface area contributed by atoms with Crippen molar-refractivity contribution < 1.29 is 0 Å². The Morgan fingerprint density at radius 2 is 2.07 bits per heavy atom. The Morgan fingerprint density at radius 3 is 2.57 bits per heavy atom. The zero-order valence-corrected chi connectivity index (χ0v) is 10.6. The minimum atomic E-state index is 0.933. The largest absolute Gasteiger partial charge is 0.377 e. The lowest BCUT2D eigenvalue weighted by Gasteiger charge is -2.15. The van der Waals surface area contributed by atoms with Crippen molar-refractivity contribution in [1.82, 2.24) is 5.32 Å². The van der Waals surface area contributed by atoms with Crippen LogP contribution in [0.15, 0.2) is 22.7 Å². The summed E-state index contributed by atoms with van der Waals surface area (Å²) in [5.41, 5.74) is 2.52. The van der Waals surface area contributed by atoms with Crippen LogP contribution in [-0.4, -0.2) is 20.6 Å². The van der Waals surface area contributed by atoms with Crippen molar-refractivity contribution >= 4 is 21.6 Å². The summed E-state index contributed by atoms with van der Waals surface area (Å²) in [5, 5.41) is 3.31. The SMILES string of the molecule is CCNCc1ccc(N(C)C)c(Br)c1. The first-order valence-electron chi connectivity index (χ1n) is 4.81. The molecule has 0 bridgehead atoms. The van der Waals surface area contributed by atoms with Gasteiger partial charge in [-0.3, -0.25) is 0 Å². The predicted molar refractivity (Wildman–Crippen MR) is 65.8 cm³/mol. The van der Waals surface area contributed by atoms with Crippen LogP contribution >= 0.6 is 15.9 Å². The van der Waals surface area contributed by atoms with Gasteiger partial charge in [0, 0.05) is 25.1 Å². The number of nitrogens with one attached hydrogen (secondary N) is 1. The van der Waals surface area contributed by atoms with E-state index < -0.39 is 0 Å². The monoisotopic (exact) mass is 256 g/mol. The summed E-state index contributed by atoms with van der Waals surface area (Å²) in [6.07, 6.45) is 0. The lowest BCUT2D eigenvalue weighted by atomic mass is 10.2. The van der Waals surface area contributed by atoms with Gasteiger partial charge < -0.3 is 10.2 Å². The quantitative estimate of drug-likeness (QED) is 0.892. The fourth-order valence-corrected chi connectivity index (χ4v) is 2.07. The molecule has 0 saturated heterocycles. The zero-order valence-electron chi connectivity index (χ0n) is 8.97. The molecule has 0 atom stereocenters. The number of nitrogens with zero attached hydrogens (tertiary/aromatic N) is 1. The van der Waals surface area contributed by atoms with Crippen molar-refractivity contribution in [3.8, 4) is 0 Å². The lowest BCUT2D eigenvalue weighted by Crippen LogP contribution is -2.13. The van der Waals surface area contributed by atoms with Crippen molar-refractivity contribution in [2.45, 2.75) is 13.5 Å². The van der Waals surface area contributed by atoms with E-state index in [4.69, 9.17) is 0 Å². The smallest absolute Gasteiger partial charge is 0.0505 e. The molecule has 0 radical (unpaired) electrons. The maximum atomic E-state index is 3.57. The van der Waals surface area contributed by atoms with Gasteiger partial charge in [-0.05, 0) is 40.2 Å². The molecule has 0 unspecified atom stereocenters. The summed E-state index contributed by atoms with van der Waals surface area (Å²) >= 11 is 3.57. The first-order chi connectivity index (χ1) is 6.65. The van der Waals surface area contributed by atoms with Gasteiger partial charge in [0.15, 0.2) is 0 Å². The second-order valence-corrected chi connectivity index (χ2v) is 4.31. The van der Waals surface area contributed by atoms with Crippen molar-refractivity contribution in [1.29, 1.82) is 0 Å². The van der Waals surface area contributed by atoms with Crippen LogP contribution in [0.2, 0.25) is 0 Å². The molecule has 0 aliphatic rings. The summed E-state index contributed by atoms with van der Waals surface area (Å²) < 4.78 is 1.15. The molecular formula is C11H17BrN2. The fourth-order valence-electron chi connectivity index (χ4n) is 1.29. The van der Waals surface area contributed by atoms with E-state index in [9.17, 15) is 0 Å². The van der Waals surface area contributed by atoms with E-state index in [1.165, 1.54) is 11.3 Å². The molecule has 1 rings (SSSR count). The standard InChI is InChI=1S/C11H17BrN2/c1-4-13-8-9-5-6-11(14(2)3)10(12)7-9/h5-7,13H,4,8H2,1-3H3. The Morgan fingerprint density at radius 1 is 1.36 bits per heavy atom. The van der Waals surface area contributed by atoms with E-state index in [1.807, 2.05) is 14.1 Å². The average molecular weight is 257 g/mol. The molecule has 3 heteroatoms. The summed E-state index contributed by atoms with van der Waals surface area (Å²) in [5.74, 6) is 0. The van der Waals surface area contributed by atoms with E-state index in [0.717, 1.165) is 17.6 Å². The first kappa shape index (κ1) is 11.5. The van der Waals surface area contributed by atoms with Crippen LogP contribution in [0.3, 0.4) is 0 Å². The summed E-state index contributed by atoms with van der Waals surface area (Å²) in [7, 11) is 4.09. The van der Waals surface area contributed by atoms with Crippen molar-refractivity contribution in [3.05, 3.63) is 28.2 Å². The van der Waals surface area contributed by atoms with Crippen LogP contribution in [0.25, 0.3) is 0 Å². The molecule has 1 aromatic carbocycles. The van der Waals surface area contributed by atoms with E-state index in [-0.39, 0.29) is 0 Å².